The maximum atomic E-state index is 3.58. The van der Waals surface area contributed by atoms with Gasteiger partial charge in [-0.3, -0.25) is 4.90 Å². The molecular formula is C15H30N2. The smallest absolute Gasteiger partial charge is 0.0246 e. The Morgan fingerprint density at radius 2 is 1.94 bits per heavy atom. The van der Waals surface area contributed by atoms with Crippen molar-refractivity contribution in [3.05, 3.63) is 0 Å². The Morgan fingerprint density at radius 3 is 2.65 bits per heavy atom. The van der Waals surface area contributed by atoms with Gasteiger partial charge in [-0.2, -0.15) is 0 Å². The van der Waals surface area contributed by atoms with Gasteiger partial charge in [0.25, 0.3) is 0 Å². The lowest BCUT2D eigenvalue weighted by Gasteiger charge is -2.38. The monoisotopic (exact) mass is 238 g/mol. The van der Waals surface area contributed by atoms with Crippen molar-refractivity contribution >= 4 is 0 Å². The highest BCUT2D eigenvalue weighted by atomic mass is 15.2. The van der Waals surface area contributed by atoms with E-state index in [1.807, 2.05) is 0 Å². The molecule has 3 unspecified atom stereocenters. The average Bonchev–Trinajstić information content (AvgIpc) is 2.55. The van der Waals surface area contributed by atoms with Gasteiger partial charge in [0, 0.05) is 12.6 Å². The SMILES string of the molecule is CC(C)C1CCCN(C2CNCCC2C)CC1. The van der Waals surface area contributed by atoms with Crippen molar-refractivity contribution in [1.29, 1.82) is 0 Å². The molecule has 2 heteroatoms. The molecular weight excluding hydrogens is 208 g/mol. The van der Waals surface area contributed by atoms with E-state index in [1.165, 1.54) is 51.9 Å². The molecule has 0 aliphatic carbocycles. The Morgan fingerprint density at radius 1 is 1.12 bits per heavy atom. The molecule has 2 nitrogen and oxygen atoms in total. The topological polar surface area (TPSA) is 15.3 Å². The zero-order valence-corrected chi connectivity index (χ0v) is 11.9. The highest BCUT2D eigenvalue weighted by molar-refractivity contribution is 4.85. The minimum atomic E-state index is 0.801. The Balaban J connectivity index is 1.89. The van der Waals surface area contributed by atoms with E-state index in [1.54, 1.807) is 0 Å². The van der Waals surface area contributed by atoms with E-state index >= 15 is 0 Å². The van der Waals surface area contributed by atoms with E-state index in [2.05, 4.69) is 31.0 Å². The summed E-state index contributed by atoms with van der Waals surface area (Å²) in [4.78, 5) is 2.78. The average molecular weight is 238 g/mol. The minimum Gasteiger partial charge on any atom is -0.315 e. The summed E-state index contributed by atoms with van der Waals surface area (Å²) in [6, 6.07) is 0.801. The molecule has 0 radical (unpaired) electrons. The normalized spacial score (nSPS) is 37.1. The Kier molecular flexibility index (Phi) is 4.87. The number of hydrogen-bond donors (Lipinski definition) is 1. The lowest BCUT2D eigenvalue weighted by Crippen LogP contribution is -2.50. The zero-order valence-electron chi connectivity index (χ0n) is 11.9. The molecule has 0 saturated carbocycles. The molecule has 2 saturated heterocycles. The quantitative estimate of drug-likeness (QED) is 0.796. The standard InChI is InChI=1S/C15H30N2/c1-12(2)14-5-4-9-17(10-7-14)15-11-16-8-6-13(15)3/h12-16H,4-11H2,1-3H3. The molecule has 2 rings (SSSR count). The van der Waals surface area contributed by atoms with Crippen LogP contribution < -0.4 is 5.32 Å². The number of hydrogen-bond acceptors (Lipinski definition) is 2. The molecule has 100 valence electrons. The van der Waals surface area contributed by atoms with Crippen LogP contribution in [0.4, 0.5) is 0 Å². The van der Waals surface area contributed by atoms with Gasteiger partial charge in [-0.05, 0) is 63.1 Å². The van der Waals surface area contributed by atoms with Gasteiger partial charge in [0.2, 0.25) is 0 Å². The van der Waals surface area contributed by atoms with Crippen molar-refractivity contribution < 1.29 is 0 Å². The summed E-state index contributed by atoms with van der Waals surface area (Å²) in [6.07, 6.45) is 5.63. The lowest BCUT2D eigenvalue weighted by molar-refractivity contribution is 0.124. The van der Waals surface area contributed by atoms with Crippen LogP contribution in [0.25, 0.3) is 0 Å². The molecule has 2 aliphatic heterocycles. The summed E-state index contributed by atoms with van der Waals surface area (Å²) in [5.74, 6) is 2.72. The summed E-state index contributed by atoms with van der Waals surface area (Å²) in [5.41, 5.74) is 0. The van der Waals surface area contributed by atoms with Crippen molar-refractivity contribution in [3.63, 3.8) is 0 Å². The first-order valence-corrected chi connectivity index (χ1v) is 7.63. The van der Waals surface area contributed by atoms with E-state index < -0.39 is 0 Å². The van der Waals surface area contributed by atoms with Gasteiger partial charge in [0.15, 0.2) is 0 Å². The number of piperidine rings is 1. The molecule has 1 N–H and O–H groups in total. The third-order valence-electron chi connectivity index (χ3n) is 5.01. The van der Waals surface area contributed by atoms with Crippen LogP contribution >= 0.6 is 0 Å². The van der Waals surface area contributed by atoms with Crippen molar-refractivity contribution in [1.82, 2.24) is 10.2 Å². The van der Waals surface area contributed by atoms with Gasteiger partial charge in [-0.15, -0.1) is 0 Å². The van der Waals surface area contributed by atoms with Gasteiger partial charge in [-0.25, -0.2) is 0 Å². The van der Waals surface area contributed by atoms with Crippen molar-refractivity contribution in [2.75, 3.05) is 26.2 Å². The first-order valence-electron chi connectivity index (χ1n) is 7.63. The van der Waals surface area contributed by atoms with Crippen LogP contribution in [0.3, 0.4) is 0 Å². The molecule has 2 fully saturated rings. The van der Waals surface area contributed by atoms with Crippen LogP contribution in [0.15, 0.2) is 0 Å². The number of nitrogens with one attached hydrogen (secondary N) is 1. The van der Waals surface area contributed by atoms with Gasteiger partial charge in [0.1, 0.15) is 0 Å². The number of likely N-dealkylation sites (tertiary alicyclic amines) is 1. The maximum absolute atomic E-state index is 3.58. The fourth-order valence-electron chi connectivity index (χ4n) is 3.60. The van der Waals surface area contributed by atoms with Crippen LogP contribution in [0.5, 0.6) is 0 Å². The molecule has 3 atom stereocenters. The third-order valence-corrected chi connectivity index (χ3v) is 5.01. The molecule has 2 heterocycles. The second kappa shape index (κ2) is 6.19. The number of rotatable bonds is 2. The van der Waals surface area contributed by atoms with Crippen LogP contribution in [0, 0.1) is 17.8 Å². The molecule has 0 aromatic carbocycles. The maximum Gasteiger partial charge on any atom is 0.0246 e. The van der Waals surface area contributed by atoms with Crippen molar-refractivity contribution in [2.45, 2.75) is 52.5 Å². The summed E-state index contributed by atoms with van der Waals surface area (Å²) < 4.78 is 0. The first-order chi connectivity index (χ1) is 8.18. The van der Waals surface area contributed by atoms with Gasteiger partial charge < -0.3 is 5.32 Å². The summed E-state index contributed by atoms with van der Waals surface area (Å²) in [7, 11) is 0. The summed E-state index contributed by atoms with van der Waals surface area (Å²) in [5, 5.41) is 3.58. The Labute approximate surface area is 107 Å². The predicted octanol–water partition coefficient (Wildman–Crippen LogP) is 2.74. The van der Waals surface area contributed by atoms with Crippen LogP contribution in [0.2, 0.25) is 0 Å². The fraction of sp³-hybridized carbons (Fsp3) is 1.00. The van der Waals surface area contributed by atoms with Crippen LogP contribution in [0.1, 0.15) is 46.5 Å². The zero-order chi connectivity index (χ0) is 12.3. The van der Waals surface area contributed by atoms with Gasteiger partial charge >= 0.3 is 0 Å². The summed E-state index contributed by atoms with van der Waals surface area (Å²) >= 11 is 0. The second-order valence-corrected chi connectivity index (χ2v) is 6.51. The molecule has 0 aromatic heterocycles. The Hall–Kier alpha value is -0.0800. The summed E-state index contributed by atoms with van der Waals surface area (Å²) in [6.45, 7) is 12.3. The van der Waals surface area contributed by atoms with E-state index in [9.17, 15) is 0 Å². The third kappa shape index (κ3) is 3.45. The van der Waals surface area contributed by atoms with E-state index in [0.29, 0.717) is 0 Å². The molecule has 0 spiro atoms. The molecule has 0 bridgehead atoms. The van der Waals surface area contributed by atoms with Crippen LogP contribution in [-0.2, 0) is 0 Å². The van der Waals surface area contributed by atoms with E-state index in [0.717, 1.165) is 23.8 Å². The van der Waals surface area contributed by atoms with Gasteiger partial charge in [0.05, 0.1) is 0 Å². The minimum absolute atomic E-state index is 0.801. The van der Waals surface area contributed by atoms with Gasteiger partial charge in [-0.1, -0.05) is 20.8 Å². The Bertz CT molecular complexity index is 227. The lowest BCUT2D eigenvalue weighted by atomic mass is 9.89. The van der Waals surface area contributed by atoms with Crippen molar-refractivity contribution in [2.24, 2.45) is 17.8 Å². The van der Waals surface area contributed by atoms with E-state index in [4.69, 9.17) is 0 Å². The largest absolute Gasteiger partial charge is 0.315 e. The molecule has 2 aliphatic rings. The number of nitrogens with zero attached hydrogens (tertiary/aromatic N) is 1. The second-order valence-electron chi connectivity index (χ2n) is 6.51. The molecule has 17 heavy (non-hydrogen) atoms. The van der Waals surface area contributed by atoms with Crippen molar-refractivity contribution in [3.8, 4) is 0 Å². The molecule has 0 aromatic rings. The molecule has 0 amide bonds. The first kappa shape index (κ1) is 13.4. The van der Waals surface area contributed by atoms with Crippen LogP contribution in [-0.4, -0.2) is 37.1 Å². The fourth-order valence-corrected chi connectivity index (χ4v) is 3.60. The highest BCUT2D eigenvalue weighted by Crippen LogP contribution is 2.27. The highest BCUT2D eigenvalue weighted by Gasteiger charge is 2.29. The predicted molar refractivity (Wildman–Crippen MR) is 74.2 cm³/mol. The van der Waals surface area contributed by atoms with E-state index in [-0.39, 0.29) is 0 Å².